The number of hydrogen-bond donors (Lipinski definition) is 3. The fourth-order valence-corrected chi connectivity index (χ4v) is 2.10. The van der Waals surface area contributed by atoms with Crippen molar-refractivity contribution in [2.24, 2.45) is 0 Å². The molecule has 5 nitrogen and oxygen atoms in total. The standard InChI is InChI=1S/C14H10ClIN2O3/c15-11-6-1-8(13(19)20)7-12(11)18-14(21)17-10-4-2-9(16)3-5-10/h1-7H,(H,19,20)(H2,17,18,21). The molecule has 21 heavy (non-hydrogen) atoms. The predicted molar refractivity (Wildman–Crippen MR) is 90.2 cm³/mol. The third-order valence-corrected chi connectivity index (χ3v) is 3.61. The number of urea groups is 1. The fourth-order valence-electron chi connectivity index (χ4n) is 1.57. The fraction of sp³-hybridized carbons (Fsp3) is 0. The van der Waals surface area contributed by atoms with Crippen LogP contribution >= 0.6 is 34.2 Å². The second-order valence-electron chi connectivity index (χ2n) is 4.09. The van der Waals surface area contributed by atoms with Crippen molar-refractivity contribution in [2.45, 2.75) is 0 Å². The number of carboxylic acids is 1. The second-order valence-corrected chi connectivity index (χ2v) is 5.74. The Balaban J connectivity index is 2.10. The van der Waals surface area contributed by atoms with Crippen molar-refractivity contribution in [1.82, 2.24) is 0 Å². The molecular formula is C14H10ClIN2O3. The molecule has 3 N–H and O–H groups in total. The number of hydrogen-bond acceptors (Lipinski definition) is 2. The summed E-state index contributed by atoms with van der Waals surface area (Å²) in [5.41, 5.74) is 0.905. The molecule has 0 saturated carbocycles. The van der Waals surface area contributed by atoms with Crippen molar-refractivity contribution < 1.29 is 14.7 Å². The lowest BCUT2D eigenvalue weighted by Gasteiger charge is -2.10. The lowest BCUT2D eigenvalue weighted by atomic mass is 10.2. The molecule has 0 fully saturated rings. The van der Waals surface area contributed by atoms with Gasteiger partial charge in [0.2, 0.25) is 0 Å². The van der Waals surface area contributed by atoms with Gasteiger partial charge in [0.1, 0.15) is 0 Å². The number of anilines is 2. The molecule has 2 rings (SSSR count). The Labute approximate surface area is 139 Å². The van der Waals surface area contributed by atoms with Gasteiger partial charge in [-0.2, -0.15) is 0 Å². The number of amides is 2. The smallest absolute Gasteiger partial charge is 0.335 e. The summed E-state index contributed by atoms with van der Waals surface area (Å²) in [5, 5.41) is 14.3. The van der Waals surface area contributed by atoms with Gasteiger partial charge in [0.25, 0.3) is 0 Å². The minimum Gasteiger partial charge on any atom is -0.478 e. The van der Waals surface area contributed by atoms with Crippen LogP contribution in [-0.2, 0) is 0 Å². The van der Waals surface area contributed by atoms with E-state index >= 15 is 0 Å². The van der Waals surface area contributed by atoms with Crippen LogP contribution in [0.2, 0.25) is 5.02 Å². The van der Waals surface area contributed by atoms with Crippen LogP contribution < -0.4 is 10.6 Å². The quantitative estimate of drug-likeness (QED) is 0.653. The maximum absolute atomic E-state index is 11.9. The van der Waals surface area contributed by atoms with Gasteiger partial charge in [0.05, 0.1) is 16.3 Å². The average Bonchev–Trinajstić information content (AvgIpc) is 2.43. The molecule has 0 heterocycles. The molecule has 0 aromatic heterocycles. The minimum absolute atomic E-state index is 0.0453. The molecule has 2 aromatic carbocycles. The van der Waals surface area contributed by atoms with Crippen LogP contribution in [0.5, 0.6) is 0 Å². The summed E-state index contributed by atoms with van der Waals surface area (Å²) in [7, 11) is 0. The van der Waals surface area contributed by atoms with Gasteiger partial charge in [-0.05, 0) is 65.1 Å². The van der Waals surface area contributed by atoms with Gasteiger partial charge in [-0.1, -0.05) is 11.6 Å². The molecule has 0 saturated heterocycles. The van der Waals surface area contributed by atoms with E-state index in [0.29, 0.717) is 5.69 Å². The third kappa shape index (κ3) is 4.33. The van der Waals surface area contributed by atoms with Crippen molar-refractivity contribution in [1.29, 1.82) is 0 Å². The Bertz CT molecular complexity index is 689. The van der Waals surface area contributed by atoms with Gasteiger partial charge in [0, 0.05) is 9.26 Å². The van der Waals surface area contributed by atoms with Gasteiger partial charge in [0.15, 0.2) is 0 Å². The molecule has 0 atom stereocenters. The number of carbonyl (C=O) groups excluding carboxylic acids is 1. The van der Waals surface area contributed by atoms with E-state index in [-0.39, 0.29) is 16.3 Å². The number of aromatic carboxylic acids is 1. The average molecular weight is 417 g/mol. The number of rotatable bonds is 3. The number of carbonyl (C=O) groups is 2. The van der Waals surface area contributed by atoms with E-state index in [4.69, 9.17) is 16.7 Å². The Kier molecular flexibility index (Phi) is 5.03. The molecular weight excluding hydrogens is 407 g/mol. The summed E-state index contributed by atoms with van der Waals surface area (Å²) in [4.78, 5) is 22.8. The maximum atomic E-state index is 11.9. The molecule has 2 aromatic rings. The first kappa shape index (κ1) is 15.6. The Morgan fingerprint density at radius 1 is 1.05 bits per heavy atom. The summed E-state index contributed by atoms with van der Waals surface area (Å²) < 4.78 is 1.05. The van der Waals surface area contributed by atoms with E-state index in [0.717, 1.165) is 3.57 Å². The van der Waals surface area contributed by atoms with Crippen molar-refractivity contribution in [3.05, 3.63) is 56.6 Å². The lowest BCUT2D eigenvalue weighted by Crippen LogP contribution is -2.19. The van der Waals surface area contributed by atoms with Crippen molar-refractivity contribution in [3.8, 4) is 0 Å². The molecule has 0 spiro atoms. The maximum Gasteiger partial charge on any atom is 0.335 e. The number of nitrogens with one attached hydrogen (secondary N) is 2. The summed E-state index contributed by atoms with van der Waals surface area (Å²) in [6, 6.07) is 10.8. The molecule has 2 amide bonds. The summed E-state index contributed by atoms with van der Waals surface area (Å²) in [6.45, 7) is 0. The summed E-state index contributed by atoms with van der Waals surface area (Å²) >= 11 is 8.09. The second kappa shape index (κ2) is 6.77. The highest BCUT2D eigenvalue weighted by molar-refractivity contribution is 14.1. The highest BCUT2D eigenvalue weighted by atomic mass is 127. The van der Waals surface area contributed by atoms with Gasteiger partial charge in [-0.15, -0.1) is 0 Å². The van der Waals surface area contributed by atoms with Crippen LogP contribution in [0.4, 0.5) is 16.2 Å². The van der Waals surface area contributed by atoms with E-state index in [1.807, 2.05) is 12.1 Å². The number of benzene rings is 2. The highest BCUT2D eigenvalue weighted by Gasteiger charge is 2.10. The lowest BCUT2D eigenvalue weighted by molar-refractivity contribution is 0.0697. The zero-order chi connectivity index (χ0) is 15.4. The number of halogens is 2. The van der Waals surface area contributed by atoms with Crippen molar-refractivity contribution >= 4 is 57.6 Å². The molecule has 0 unspecified atom stereocenters. The predicted octanol–water partition coefficient (Wildman–Crippen LogP) is 4.29. The summed E-state index contributed by atoms with van der Waals surface area (Å²) in [6.07, 6.45) is 0. The third-order valence-electron chi connectivity index (χ3n) is 2.56. The van der Waals surface area contributed by atoms with Gasteiger partial charge >= 0.3 is 12.0 Å². The molecule has 0 bridgehead atoms. The van der Waals surface area contributed by atoms with Gasteiger partial charge in [-0.3, -0.25) is 0 Å². The van der Waals surface area contributed by atoms with Crippen molar-refractivity contribution in [3.63, 3.8) is 0 Å². The zero-order valence-corrected chi connectivity index (χ0v) is 13.5. The largest absolute Gasteiger partial charge is 0.478 e. The molecule has 0 aliphatic rings. The first-order chi connectivity index (χ1) is 9.95. The highest BCUT2D eigenvalue weighted by Crippen LogP contribution is 2.23. The minimum atomic E-state index is -1.09. The Morgan fingerprint density at radius 2 is 1.71 bits per heavy atom. The normalized spacial score (nSPS) is 10.0. The van der Waals surface area contributed by atoms with Gasteiger partial charge in [-0.25, -0.2) is 9.59 Å². The van der Waals surface area contributed by atoms with Crippen LogP contribution in [0.3, 0.4) is 0 Å². The van der Waals surface area contributed by atoms with Crippen LogP contribution in [0.15, 0.2) is 42.5 Å². The first-order valence-electron chi connectivity index (χ1n) is 5.82. The van der Waals surface area contributed by atoms with E-state index in [2.05, 4.69) is 33.2 Å². The molecule has 0 aliphatic heterocycles. The Hall–Kier alpha value is -1.80. The van der Waals surface area contributed by atoms with E-state index in [1.54, 1.807) is 12.1 Å². The van der Waals surface area contributed by atoms with Crippen LogP contribution in [0.25, 0.3) is 0 Å². The molecule has 108 valence electrons. The topological polar surface area (TPSA) is 78.4 Å². The van der Waals surface area contributed by atoms with Crippen LogP contribution in [0.1, 0.15) is 10.4 Å². The van der Waals surface area contributed by atoms with Crippen LogP contribution in [0, 0.1) is 3.57 Å². The SMILES string of the molecule is O=C(Nc1ccc(I)cc1)Nc1cc(C(=O)O)ccc1Cl. The van der Waals surface area contributed by atoms with E-state index in [1.165, 1.54) is 18.2 Å². The van der Waals surface area contributed by atoms with E-state index < -0.39 is 12.0 Å². The monoisotopic (exact) mass is 416 g/mol. The Morgan fingerprint density at radius 3 is 2.33 bits per heavy atom. The summed E-state index contributed by atoms with van der Waals surface area (Å²) in [5.74, 6) is -1.09. The van der Waals surface area contributed by atoms with Crippen molar-refractivity contribution in [2.75, 3.05) is 10.6 Å². The number of carboxylic acid groups (broad SMARTS) is 1. The molecule has 7 heteroatoms. The van der Waals surface area contributed by atoms with E-state index in [9.17, 15) is 9.59 Å². The van der Waals surface area contributed by atoms with Crippen LogP contribution in [-0.4, -0.2) is 17.1 Å². The zero-order valence-electron chi connectivity index (χ0n) is 10.6. The first-order valence-corrected chi connectivity index (χ1v) is 7.28. The molecule has 0 radical (unpaired) electrons. The van der Waals surface area contributed by atoms with Gasteiger partial charge < -0.3 is 15.7 Å². The molecule has 0 aliphatic carbocycles.